The predicted octanol–water partition coefficient (Wildman–Crippen LogP) is 3.90. The number of unbranched alkanes of at least 4 members (excludes halogenated alkanes) is 2. The number of para-hydroxylation sites is 1. The van der Waals surface area contributed by atoms with Crippen molar-refractivity contribution in [2.45, 2.75) is 32.6 Å². The van der Waals surface area contributed by atoms with Crippen molar-refractivity contribution in [3.63, 3.8) is 0 Å². The molecule has 7 heteroatoms. The van der Waals surface area contributed by atoms with Crippen LogP contribution in [0.15, 0.2) is 57.7 Å². The fourth-order valence-corrected chi connectivity index (χ4v) is 3.04. The van der Waals surface area contributed by atoms with Crippen LogP contribution in [-0.4, -0.2) is 17.0 Å². The molecule has 1 aromatic heterocycles. The van der Waals surface area contributed by atoms with E-state index in [1.165, 1.54) is 23.5 Å². The lowest BCUT2D eigenvalue weighted by Gasteiger charge is -2.09. The number of fused-ring (bicyclic) bond motifs is 1. The molecule has 0 saturated carbocycles. The Morgan fingerprint density at radius 1 is 1.03 bits per heavy atom. The molecule has 3 N–H and O–H groups in total. The van der Waals surface area contributed by atoms with Crippen LogP contribution >= 0.6 is 0 Å². The average Bonchev–Trinajstić information content (AvgIpc) is 2.74. The Balaban J connectivity index is 1.85. The van der Waals surface area contributed by atoms with E-state index in [1.807, 2.05) is 12.1 Å². The van der Waals surface area contributed by atoms with Crippen LogP contribution in [0.2, 0.25) is 0 Å². The Bertz CT molecular complexity index is 1090. The van der Waals surface area contributed by atoms with E-state index in [4.69, 9.17) is 9.62 Å². The molecule has 2 aromatic carbocycles. The molecule has 2 amide bonds. The van der Waals surface area contributed by atoms with Gasteiger partial charge in [0.05, 0.1) is 11.1 Å². The summed E-state index contributed by atoms with van der Waals surface area (Å²) in [6.07, 6.45) is 4.41. The van der Waals surface area contributed by atoms with Crippen LogP contribution < -0.4 is 16.2 Å². The first-order valence-electron chi connectivity index (χ1n) is 9.45. The number of carbonyl (C=O) groups excluding carboxylic acids is 2. The highest BCUT2D eigenvalue weighted by molar-refractivity contribution is 6.08. The van der Waals surface area contributed by atoms with E-state index in [0.717, 1.165) is 25.3 Å². The van der Waals surface area contributed by atoms with Crippen LogP contribution in [0.5, 0.6) is 0 Å². The van der Waals surface area contributed by atoms with Crippen molar-refractivity contribution in [2.75, 3.05) is 5.32 Å². The topological polar surface area (TPSA) is 109 Å². The molecule has 0 spiro atoms. The molecule has 29 heavy (non-hydrogen) atoms. The lowest BCUT2D eigenvalue weighted by atomic mass is 10.0. The van der Waals surface area contributed by atoms with Crippen LogP contribution in [0.25, 0.3) is 11.0 Å². The van der Waals surface area contributed by atoms with Gasteiger partial charge >= 0.3 is 5.91 Å². The number of hydrogen-bond acceptors (Lipinski definition) is 5. The first kappa shape index (κ1) is 20.3. The second-order valence-corrected chi connectivity index (χ2v) is 6.71. The fraction of sp³-hybridized carbons (Fsp3) is 0.227. The highest BCUT2D eigenvalue weighted by Crippen LogP contribution is 2.23. The van der Waals surface area contributed by atoms with Gasteiger partial charge in [-0.25, -0.2) is 5.48 Å². The third-order valence-corrected chi connectivity index (χ3v) is 4.61. The zero-order valence-corrected chi connectivity index (χ0v) is 16.0. The molecule has 0 radical (unpaired) electrons. The first-order valence-corrected chi connectivity index (χ1v) is 9.45. The van der Waals surface area contributed by atoms with E-state index >= 15 is 0 Å². The molecule has 0 aliphatic rings. The zero-order valence-electron chi connectivity index (χ0n) is 16.0. The number of carbonyl (C=O) groups is 2. The summed E-state index contributed by atoms with van der Waals surface area (Å²) in [7, 11) is 0. The van der Waals surface area contributed by atoms with Gasteiger partial charge in [-0.1, -0.05) is 38.0 Å². The normalized spacial score (nSPS) is 10.7. The Kier molecular flexibility index (Phi) is 6.41. The van der Waals surface area contributed by atoms with Crippen molar-refractivity contribution < 1.29 is 19.2 Å². The van der Waals surface area contributed by atoms with Crippen molar-refractivity contribution >= 4 is 28.5 Å². The van der Waals surface area contributed by atoms with E-state index in [9.17, 15) is 14.4 Å². The smallest absolute Gasteiger partial charge is 0.310 e. The summed E-state index contributed by atoms with van der Waals surface area (Å²) in [6, 6.07) is 13.1. The summed E-state index contributed by atoms with van der Waals surface area (Å²) in [6.45, 7) is 2.15. The summed E-state index contributed by atoms with van der Waals surface area (Å²) >= 11 is 0. The van der Waals surface area contributed by atoms with E-state index in [0.29, 0.717) is 5.56 Å². The molecule has 3 rings (SSSR count). The molecule has 0 bridgehead atoms. The van der Waals surface area contributed by atoms with Crippen molar-refractivity contribution in [3.05, 3.63) is 75.6 Å². The Morgan fingerprint density at radius 2 is 1.79 bits per heavy atom. The number of benzene rings is 2. The molecular formula is C22H22N2O5. The average molecular weight is 394 g/mol. The molecule has 7 nitrogen and oxygen atoms in total. The molecule has 0 aliphatic heterocycles. The number of aryl methyl sites for hydroxylation is 1. The second kappa shape index (κ2) is 9.16. The highest BCUT2D eigenvalue weighted by Gasteiger charge is 2.15. The molecule has 0 fully saturated rings. The summed E-state index contributed by atoms with van der Waals surface area (Å²) in [5.74, 6) is -1.68. The molecule has 0 unspecified atom stereocenters. The quantitative estimate of drug-likeness (QED) is 0.320. The summed E-state index contributed by atoms with van der Waals surface area (Å²) < 4.78 is 5.45. The van der Waals surface area contributed by atoms with Gasteiger partial charge in [0.1, 0.15) is 0 Å². The number of anilines is 1. The van der Waals surface area contributed by atoms with Crippen LogP contribution in [0.4, 0.5) is 5.69 Å². The summed E-state index contributed by atoms with van der Waals surface area (Å²) in [4.78, 5) is 36.5. The van der Waals surface area contributed by atoms with Crippen LogP contribution in [0, 0.1) is 0 Å². The van der Waals surface area contributed by atoms with Gasteiger partial charge in [-0.3, -0.25) is 19.6 Å². The molecule has 150 valence electrons. The minimum Gasteiger partial charge on any atom is -0.448 e. The van der Waals surface area contributed by atoms with Gasteiger partial charge in [-0.15, -0.1) is 0 Å². The van der Waals surface area contributed by atoms with Crippen LogP contribution in [-0.2, 0) is 6.42 Å². The third kappa shape index (κ3) is 4.70. The van der Waals surface area contributed by atoms with Gasteiger partial charge in [-0.05, 0) is 42.7 Å². The van der Waals surface area contributed by atoms with E-state index in [-0.39, 0.29) is 28.3 Å². The Morgan fingerprint density at radius 3 is 2.48 bits per heavy atom. The molecule has 3 aromatic rings. The second-order valence-electron chi connectivity index (χ2n) is 6.71. The maximum absolute atomic E-state index is 12.6. The van der Waals surface area contributed by atoms with Crippen molar-refractivity contribution in [1.29, 1.82) is 0 Å². The van der Waals surface area contributed by atoms with Crippen molar-refractivity contribution in [2.24, 2.45) is 0 Å². The van der Waals surface area contributed by atoms with Crippen LogP contribution in [0.3, 0.4) is 0 Å². The third-order valence-electron chi connectivity index (χ3n) is 4.61. The van der Waals surface area contributed by atoms with Gasteiger partial charge in [0.2, 0.25) is 0 Å². The minimum atomic E-state index is -0.955. The van der Waals surface area contributed by atoms with Crippen LogP contribution in [0.1, 0.15) is 52.7 Å². The first-order chi connectivity index (χ1) is 14.0. The largest absolute Gasteiger partial charge is 0.448 e. The maximum Gasteiger partial charge on any atom is 0.310 e. The fourth-order valence-electron chi connectivity index (χ4n) is 3.04. The summed E-state index contributed by atoms with van der Waals surface area (Å²) in [5, 5.41) is 11.7. The van der Waals surface area contributed by atoms with Gasteiger partial charge in [0.15, 0.2) is 16.8 Å². The summed E-state index contributed by atoms with van der Waals surface area (Å²) in [5.41, 5.74) is 2.91. The SMILES string of the molecule is CCCCCc1ccc(C(=O)Nc2cccc3c(=O)cc(C(=O)NO)oc23)cc1. The number of nitrogens with one attached hydrogen (secondary N) is 2. The molecule has 0 atom stereocenters. The molecule has 0 saturated heterocycles. The van der Waals surface area contributed by atoms with Gasteiger partial charge in [-0.2, -0.15) is 0 Å². The van der Waals surface area contributed by atoms with E-state index in [2.05, 4.69) is 12.2 Å². The minimum absolute atomic E-state index is 0.0585. The number of amides is 2. The molecular weight excluding hydrogens is 372 g/mol. The number of hydrogen-bond donors (Lipinski definition) is 3. The Hall–Kier alpha value is -3.45. The lowest BCUT2D eigenvalue weighted by Crippen LogP contribution is -2.20. The predicted molar refractivity (Wildman–Crippen MR) is 109 cm³/mol. The van der Waals surface area contributed by atoms with E-state index in [1.54, 1.807) is 24.3 Å². The van der Waals surface area contributed by atoms with Crippen molar-refractivity contribution in [1.82, 2.24) is 5.48 Å². The lowest BCUT2D eigenvalue weighted by molar-refractivity contribution is 0.0676. The van der Waals surface area contributed by atoms with Gasteiger partial charge in [0.25, 0.3) is 5.91 Å². The molecule has 0 aliphatic carbocycles. The zero-order chi connectivity index (χ0) is 20.8. The van der Waals surface area contributed by atoms with Gasteiger partial charge in [0, 0.05) is 11.6 Å². The maximum atomic E-state index is 12.6. The van der Waals surface area contributed by atoms with Crippen molar-refractivity contribution in [3.8, 4) is 0 Å². The number of rotatable bonds is 7. The standard InChI is InChI=1S/C22H22N2O5/c1-2-3-4-6-14-9-11-15(12-10-14)21(26)23-17-8-5-7-16-18(25)13-19(22(27)24-28)29-20(16)17/h5,7-13,28H,2-4,6H2,1H3,(H,23,26)(H,24,27). The Labute approximate surface area is 167 Å². The highest BCUT2D eigenvalue weighted by atomic mass is 16.5. The van der Waals surface area contributed by atoms with Gasteiger partial charge < -0.3 is 9.73 Å². The molecule has 1 heterocycles. The number of hydroxylamine groups is 1. The van der Waals surface area contributed by atoms with E-state index < -0.39 is 11.3 Å². The monoisotopic (exact) mass is 394 g/mol.